The van der Waals surface area contributed by atoms with E-state index in [1.165, 1.54) is 5.56 Å². The Morgan fingerprint density at radius 3 is 2.12 bits per heavy atom. The fourth-order valence-corrected chi connectivity index (χ4v) is 2.67. The van der Waals surface area contributed by atoms with E-state index in [1.54, 1.807) is 7.11 Å². The number of rotatable bonds is 8. The first kappa shape index (κ1) is 17.9. The number of likely N-dealkylation sites (N-methyl/N-ethyl adjacent to an activating group) is 1. The van der Waals surface area contributed by atoms with Crippen molar-refractivity contribution < 1.29 is 9.53 Å². The maximum Gasteiger partial charge on any atom is 0.242 e. The van der Waals surface area contributed by atoms with Gasteiger partial charge >= 0.3 is 0 Å². The zero-order valence-electron chi connectivity index (χ0n) is 14.7. The molecule has 0 aliphatic heterocycles. The quantitative estimate of drug-likeness (QED) is 0.743. The second-order valence-electron chi connectivity index (χ2n) is 5.61. The first-order valence-corrected chi connectivity index (χ1v) is 8.38. The molecule has 128 valence electrons. The van der Waals surface area contributed by atoms with Gasteiger partial charge in [0.1, 0.15) is 5.75 Å². The summed E-state index contributed by atoms with van der Waals surface area (Å²) in [6.45, 7) is 6.55. The van der Waals surface area contributed by atoms with Crippen molar-refractivity contribution in [2.24, 2.45) is 0 Å². The van der Waals surface area contributed by atoms with Gasteiger partial charge in [-0.05, 0) is 43.7 Å². The lowest BCUT2D eigenvalue weighted by atomic mass is 10.2. The topological polar surface area (TPSA) is 32.8 Å². The van der Waals surface area contributed by atoms with Gasteiger partial charge in [-0.1, -0.05) is 30.3 Å². The Hall–Kier alpha value is -2.49. The van der Waals surface area contributed by atoms with Crippen LogP contribution < -0.4 is 9.64 Å². The summed E-state index contributed by atoms with van der Waals surface area (Å²) in [4.78, 5) is 16.5. The highest BCUT2D eigenvalue weighted by molar-refractivity contribution is 5.81. The summed E-state index contributed by atoms with van der Waals surface area (Å²) in [5.74, 6) is 0.959. The van der Waals surface area contributed by atoms with Crippen molar-refractivity contribution in [2.45, 2.75) is 20.4 Å². The molecule has 1 amide bonds. The molecule has 0 N–H and O–H groups in total. The molecular formula is C20H26N2O2. The van der Waals surface area contributed by atoms with Gasteiger partial charge in [0, 0.05) is 25.3 Å². The Labute approximate surface area is 144 Å². The molecule has 0 aliphatic rings. The molecule has 2 aromatic carbocycles. The minimum atomic E-state index is 0.145. The minimum Gasteiger partial charge on any atom is -0.497 e. The predicted octanol–water partition coefficient (Wildman–Crippen LogP) is 3.57. The van der Waals surface area contributed by atoms with E-state index in [4.69, 9.17) is 4.74 Å². The normalized spacial score (nSPS) is 10.3. The molecule has 0 aromatic heterocycles. The number of benzene rings is 2. The molecular weight excluding hydrogens is 300 g/mol. The van der Waals surface area contributed by atoms with Crippen molar-refractivity contribution in [3.63, 3.8) is 0 Å². The number of hydrogen-bond acceptors (Lipinski definition) is 3. The maximum atomic E-state index is 12.6. The molecule has 0 unspecified atom stereocenters. The van der Waals surface area contributed by atoms with Crippen LogP contribution in [-0.2, 0) is 11.3 Å². The van der Waals surface area contributed by atoms with Crippen LogP contribution in [0.15, 0.2) is 54.6 Å². The Bertz CT molecular complexity index is 622. The standard InChI is InChI=1S/C20H26N2O2/c1-4-21(5-2)20(23)16-22(15-17-9-7-6-8-10-17)18-11-13-19(24-3)14-12-18/h6-14H,4-5,15-16H2,1-3H3. The highest BCUT2D eigenvalue weighted by Crippen LogP contribution is 2.21. The minimum absolute atomic E-state index is 0.145. The van der Waals surface area contributed by atoms with Gasteiger partial charge in [0.15, 0.2) is 0 Å². The van der Waals surface area contributed by atoms with Crippen LogP contribution in [0.25, 0.3) is 0 Å². The Morgan fingerprint density at radius 1 is 0.958 bits per heavy atom. The number of carbonyl (C=O) groups is 1. The van der Waals surface area contributed by atoms with Crippen molar-refractivity contribution in [3.8, 4) is 5.75 Å². The van der Waals surface area contributed by atoms with Gasteiger partial charge in [0.2, 0.25) is 5.91 Å². The highest BCUT2D eigenvalue weighted by Gasteiger charge is 2.16. The van der Waals surface area contributed by atoms with Crippen LogP contribution in [-0.4, -0.2) is 37.6 Å². The molecule has 4 heteroatoms. The highest BCUT2D eigenvalue weighted by atomic mass is 16.5. The van der Waals surface area contributed by atoms with Crippen LogP contribution in [0.1, 0.15) is 19.4 Å². The number of amides is 1. The first-order valence-electron chi connectivity index (χ1n) is 8.38. The molecule has 0 atom stereocenters. The van der Waals surface area contributed by atoms with E-state index < -0.39 is 0 Å². The summed E-state index contributed by atoms with van der Waals surface area (Å²) in [7, 11) is 1.65. The number of anilines is 1. The molecule has 0 aliphatic carbocycles. The van der Waals surface area contributed by atoms with Gasteiger partial charge in [0.25, 0.3) is 0 Å². The van der Waals surface area contributed by atoms with Gasteiger partial charge in [-0.3, -0.25) is 4.79 Å². The second-order valence-corrected chi connectivity index (χ2v) is 5.61. The van der Waals surface area contributed by atoms with Crippen molar-refractivity contribution in [1.82, 2.24) is 4.90 Å². The molecule has 4 nitrogen and oxygen atoms in total. The van der Waals surface area contributed by atoms with Gasteiger partial charge in [0.05, 0.1) is 13.7 Å². The molecule has 0 saturated carbocycles. The van der Waals surface area contributed by atoms with E-state index in [9.17, 15) is 4.79 Å². The van der Waals surface area contributed by atoms with Crippen LogP contribution in [0, 0.1) is 0 Å². The third kappa shape index (κ3) is 4.75. The van der Waals surface area contributed by atoms with E-state index in [0.717, 1.165) is 24.5 Å². The average Bonchev–Trinajstić information content (AvgIpc) is 2.63. The van der Waals surface area contributed by atoms with E-state index >= 15 is 0 Å². The van der Waals surface area contributed by atoms with Crippen LogP contribution in [0.2, 0.25) is 0 Å². The molecule has 2 rings (SSSR count). The predicted molar refractivity (Wildman–Crippen MR) is 98.4 cm³/mol. The summed E-state index contributed by atoms with van der Waals surface area (Å²) < 4.78 is 5.23. The van der Waals surface area contributed by atoms with E-state index in [-0.39, 0.29) is 5.91 Å². The van der Waals surface area contributed by atoms with E-state index in [2.05, 4.69) is 17.0 Å². The molecule has 0 fully saturated rings. The van der Waals surface area contributed by atoms with Crippen LogP contribution in [0.3, 0.4) is 0 Å². The number of carbonyl (C=O) groups excluding carboxylic acids is 1. The molecule has 0 saturated heterocycles. The lowest BCUT2D eigenvalue weighted by molar-refractivity contribution is -0.129. The van der Waals surface area contributed by atoms with Gasteiger partial charge in [-0.25, -0.2) is 0 Å². The molecule has 0 radical (unpaired) electrons. The largest absolute Gasteiger partial charge is 0.497 e. The SMILES string of the molecule is CCN(CC)C(=O)CN(Cc1ccccc1)c1ccc(OC)cc1. The zero-order chi connectivity index (χ0) is 17.4. The van der Waals surface area contributed by atoms with Crippen molar-refractivity contribution in [1.29, 1.82) is 0 Å². The molecule has 2 aromatic rings. The monoisotopic (exact) mass is 326 g/mol. The Morgan fingerprint density at radius 2 is 1.58 bits per heavy atom. The fraction of sp³-hybridized carbons (Fsp3) is 0.350. The van der Waals surface area contributed by atoms with Crippen molar-refractivity contribution in [3.05, 3.63) is 60.2 Å². The van der Waals surface area contributed by atoms with Gasteiger partial charge in [-0.15, -0.1) is 0 Å². The fourth-order valence-electron chi connectivity index (χ4n) is 2.67. The summed E-state index contributed by atoms with van der Waals surface area (Å²) in [5.41, 5.74) is 2.20. The summed E-state index contributed by atoms with van der Waals surface area (Å²) >= 11 is 0. The third-order valence-electron chi connectivity index (χ3n) is 4.10. The number of nitrogens with zero attached hydrogens (tertiary/aromatic N) is 2. The lowest BCUT2D eigenvalue weighted by Crippen LogP contribution is -2.40. The second kappa shape index (κ2) is 8.96. The number of ether oxygens (including phenoxy) is 1. The molecule has 24 heavy (non-hydrogen) atoms. The zero-order valence-corrected chi connectivity index (χ0v) is 14.7. The van der Waals surface area contributed by atoms with Gasteiger partial charge in [-0.2, -0.15) is 0 Å². The Kier molecular flexibility index (Phi) is 6.67. The van der Waals surface area contributed by atoms with Gasteiger partial charge < -0.3 is 14.5 Å². The van der Waals surface area contributed by atoms with Crippen molar-refractivity contribution in [2.75, 3.05) is 31.6 Å². The lowest BCUT2D eigenvalue weighted by Gasteiger charge is -2.28. The van der Waals surface area contributed by atoms with Crippen molar-refractivity contribution >= 4 is 11.6 Å². The number of hydrogen-bond donors (Lipinski definition) is 0. The summed E-state index contributed by atoms with van der Waals surface area (Å²) in [6, 6.07) is 18.1. The van der Waals surface area contributed by atoms with Crippen LogP contribution >= 0.6 is 0 Å². The van der Waals surface area contributed by atoms with Crippen LogP contribution in [0.5, 0.6) is 5.75 Å². The maximum absolute atomic E-state index is 12.6. The van der Waals surface area contributed by atoms with E-state index in [0.29, 0.717) is 13.1 Å². The number of methoxy groups -OCH3 is 1. The summed E-state index contributed by atoms with van der Waals surface area (Å²) in [6.07, 6.45) is 0. The average molecular weight is 326 g/mol. The molecule has 0 bridgehead atoms. The van der Waals surface area contributed by atoms with E-state index in [1.807, 2.05) is 61.2 Å². The smallest absolute Gasteiger partial charge is 0.242 e. The summed E-state index contributed by atoms with van der Waals surface area (Å²) in [5, 5.41) is 0. The first-order chi connectivity index (χ1) is 11.7. The van der Waals surface area contributed by atoms with Crippen LogP contribution in [0.4, 0.5) is 5.69 Å². The molecule has 0 spiro atoms. The third-order valence-corrected chi connectivity index (χ3v) is 4.10. The Balaban J connectivity index is 2.21. The molecule has 0 heterocycles.